The molecule has 0 aromatic heterocycles. The normalized spacial score (nSPS) is 17.1. The standard InChI is InChI=1S/C15H14Cl2N2O/c16-9-4-5-11(13(17)6-9)12-2-1-3-14-15(12)20-10(7-18)8-19-14/h1-6,10,19H,7-8,18H2/t10-/m0/s1. The molecular formula is C15H14Cl2N2O. The molecule has 0 unspecified atom stereocenters. The van der Waals surface area contributed by atoms with Gasteiger partial charge < -0.3 is 15.8 Å². The van der Waals surface area contributed by atoms with Crippen molar-refractivity contribution < 1.29 is 4.74 Å². The molecule has 0 radical (unpaired) electrons. The van der Waals surface area contributed by atoms with E-state index in [0.717, 1.165) is 22.6 Å². The van der Waals surface area contributed by atoms with Gasteiger partial charge >= 0.3 is 0 Å². The van der Waals surface area contributed by atoms with Crippen LogP contribution < -0.4 is 15.8 Å². The average Bonchev–Trinajstić information content (AvgIpc) is 2.46. The van der Waals surface area contributed by atoms with Gasteiger partial charge in [0.25, 0.3) is 0 Å². The van der Waals surface area contributed by atoms with E-state index in [1.54, 1.807) is 6.07 Å². The summed E-state index contributed by atoms with van der Waals surface area (Å²) in [6.45, 7) is 1.18. The van der Waals surface area contributed by atoms with Gasteiger partial charge in [0.1, 0.15) is 6.10 Å². The lowest BCUT2D eigenvalue weighted by Gasteiger charge is -2.28. The number of anilines is 1. The van der Waals surface area contributed by atoms with Gasteiger partial charge in [-0.2, -0.15) is 0 Å². The average molecular weight is 309 g/mol. The first-order valence-corrected chi connectivity index (χ1v) is 7.13. The molecule has 0 amide bonds. The number of benzene rings is 2. The van der Waals surface area contributed by atoms with Crippen molar-refractivity contribution in [2.45, 2.75) is 6.10 Å². The molecule has 1 heterocycles. The Morgan fingerprint density at radius 2 is 2.05 bits per heavy atom. The summed E-state index contributed by atoms with van der Waals surface area (Å²) in [4.78, 5) is 0. The third-order valence-corrected chi connectivity index (χ3v) is 3.85. The van der Waals surface area contributed by atoms with Gasteiger partial charge in [-0.1, -0.05) is 41.4 Å². The number of nitrogens with two attached hydrogens (primary N) is 1. The highest BCUT2D eigenvalue weighted by molar-refractivity contribution is 6.36. The maximum Gasteiger partial charge on any atom is 0.150 e. The van der Waals surface area contributed by atoms with Gasteiger partial charge in [0.15, 0.2) is 5.75 Å². The number of hydrogen-bond acceptors (Lipinski definition) is 3. The van der Waals surface area contributed by atoms with Crippen LogP contribution in [0.1, 0.15) is 0 Å². The van der Waals surface area contributed by atoms with Crippen molar-refractivity contribution in [3.63, 3.8) is 0 Å². The number of fused-ring (bicyclic) bond motifs is 1. The minimum Gasteiger partial charge on any atom is -0.484 e. The minimum atomic E-state index is -0.0327. The van der Waals surface area contributed by atoms with Gasteiger partial charge in [-0.3, -0.25) is 0 Å². The molecule has 2 aromatic rings. The van der Waals surface area contributed by atoms with E-state index in [-0.39, 0.29) is 6.10 Å². The summed E-state index contributed by atoms with van der Waals surface area (Å²) in [5.74, 6) is 0.790. The van der Waals surface area contributed by atoms with Crippen LogP contribution in [0.25, 0.3) is 11.1 Å². The van der Waals surface area contributed by atoms with Gasteiger partial charge in [-0.25, -0.2) is 0 Å². The molecule has 2 aromatic carbocycles. The number of rotatable bonds is 2. The lowest BCUT2D eigenvalue weighted by atomic mass is 10.0. The fourth-order valence-corrected chi connectivity index (χ4v) is 2.80. The summed E-state index contributed by atoms with van der Waals surface area (Å²) in [5.41, 5.74) is 8.48. The minimum absolute atomic E-state index is 0.0327. The van der Waals surface area contributed by atoms with Gasteiger partial charge in [0, 0.05) is 22.7 Å². The van der Waals surface area contributed by atoms with Crippen LogP contribution in [-0.4, -0.2) is 19.2 Å². The molecule has 0 saturated carbocycles. The first-order valence-electron chi connectivity index (χ1n) is 6.38. The SMILES string of the molecule is NC[C@H]1CNc2cccc(-c3ccc(Cl)cc3Cl)c2O1. The summed E-state index contributed by atoms with van der Waals surface area (Å²) in [5, 5.41) is 4.55. The van der Waals surface area contributed by atoms with Crippen molar-refractivity contribution in [2.75, 3.05) is 18.4 Å². The number of hydrogen-bond donors (Lipinski definition) is 2. The molecule has 0 aliphatic carbocycles. The number of para-hydroxylation sites is 1. The molecule has 104 valence electrons. The predicted octanol–water partition coefficient (Wildman–Crippen LogP) is 3.79. The van der Waals surface area contributed by atoms with E-state index in [4.69, 9.17) is 33.7 Å². The fraction of sp³-hybridized carbons (Fsp3) is 0.200. The molecular weight excluding hydrogens is 295 g/mol. The Labute approximate surface area is 127 Å². The van der Waals surface area contributed by atoms with Crippen LogP contribution in [0.15, 0.2) is 36.4 Å². The lowest BCUT2D eigenvalue weighted by molar-refractivity contribution is 0.215. The first-order chi connectivity index (χ1) is 9.69. The molecule has 0 bridgehead atoms. The van der Waals surface area contributed by atoms with Crippen LogP contribution in [0.3, 0.4) is 0 Å². The molecule has 0 spiro atoms. The Bertz CT molecular complexity index is 646. The number of halogens is 2. The Hall–Kier alpha value is -1.42. The van der Waals surface area contributed by atoms with Gasteiger partial charge in [0.05, 0.1) is 17.3 Å². The second-order valence-electron chi connectivity index (χ2n) is 4.66. The topological polar surface area (TPSA) is 47.3 Å². The van der Waals surface area contributed by atoms with Gasteiger partial charge in [-0.15, -0.1) is 0 Å². The molecule has 5 heteroatoms. The molecule has 3 rings (SSSR count). The Morgan fingerprint density at radius 1 is 1.20 bits per heavy atom. The monoisotopic (exact) mass is 308 g/mol. The van der Waals surface area contributed by atoms with Gasteiger partial charge in [0.2, 0.25) is 0 Å². The van der Waals surface area contributed by atoms with Gasteiger partial charge in [-0.05, 0) is 18.2 Å². The van der Waals surface area contributed by atoms with Crippen molar-refractivity contribution in [1.29, 1.82) is 0 Å². The quantitative estimate of drug-likeness (QED) is 0.887. The summed E-state index contributed by atoms with van der Waals surface area (Å²) in [6.07, 6.45) is -0.0327. The molecule has 0 fully saturated rings. The van der Waals surface area contributed by atoms with Crippen LogP contribution in [0.4, 0.5) is 5.69 Å². The first kappa shape index (κ1) is 13.6. The van der Waals surface area contributed by atoms with E-state index in [9.17, 15) is 0 Å². The van der Waals surface area contributed by atoms with Crippen molar-refractivity contribution in [3.05, 3.63) is 46.4 Å². The van der Waals surface area contributed by atoms with Crippen molar-refractivity contribution >= 4 is 28.9 Å². The zero-order valence-electron chi connectivity index (χ0n) is 10.7. The molecule has 3 N–H and O–H groups in total. The molecule has 1 aliphatic rings. The molecule has 1 atom stereocenters. The van der Waals surface area contributed by atoms with Crippen LogP contribution in [0.5, 0.6) is 5.75 Å². The second-order valence-corrected chi connectivity index (χ2v) is 5.51. The maximum atomic E-state index is 6.29. The summed E-state index contributed by atoms with van der Waals surface area (Å²) >= 11 is 12.2. The van der Waals surface area contributed by atoms with Crippen LogP contribution in [0, 0.1) is 0 Å². The van der Waals surface area contributed by atoms with Crippen molar-refractivity contribution in [2.24, 2.45) is 5.73 Å². The molecule has 3 nitrogen and oxygen atoms in total. The molecule has 20 heavy (non-hydrogen) atoms. The van der Waals surface area contributed by atoms with E-state index in [2.05, 4.69) is 5.32 Å². The van der Waals surface area contributed by atoms with Crippen molar-refractivity contribution in [1.82, 2.24) is 0 Å². The smallest absolute Gasteiger partial charge is 0.150 e. The summed E-state index contributed by atoms with van der Waals surface area (Å²) in [7, 11) is 0. The third-order valence-electron chi connectivity index (χ3n) is 3.30. The number of ether oxygens (including phenoxy) is 1. The third kappa shape index (κ3) is 2.44. The zero-order chi connectivity index (χ0) is 14.1. The highest BCUT2D eigenvalue weighted by Crippen LogP contribution is 2.42. The Kier molecular flexibility index (Phi) is 3.74. The van der Waals surface area contributed by atoms with E-state index in [1.165, 1.54) is 0 Å². The summed E-state index contributed by atoms with van der Waals surface area (Å²) < 4.78 is 5.97. The Morgan fingerprint density at radius 3 is 2.80 bits per heavy atom. The zero-order valence-corrected chi connectivity index (χ0v) is 12.2. The molecule has 1 aliphatic heterocycles. The van der Waals surface area contributed by atoms with E-state index in [1.807, 2.05) is 30.3 Å². The maximum absolute atomic E-state index is 6.29. The van der Waals surface area contributed by atoms with Crippen LogP contribution in [-0.2, 0) is 0 Å². The van der Waals surface area contributed by atoms with E-state index >= 15 is 0 Å². The highest BCUT2D eigenvalue weighted by Gasteiger charge is 2.22. The van der Waals surface area contributed by atoms with E-state index in [0.29, 0.717) is 23.1 Å². The lowest BCUT2D eigenvalue weighted by Crippen LogP contribution is -2.37. The number of nitrogens with one attached hydrogen (secondary N) is 1. The fourth-order valence-electron chi connectivity index (χ4n) is 2.29. The van der Waals surface area contributed by atoms with Crippen molar-refractivity contribution in [3.8, 4) is 16.9 Å². The second kappa shape index (κ2) is 5.52. The van der Waals surface area contributed by atoms with Crippen LogP contribution >= 0.6 is 23.2 Å². The van der Waals surface area contributed by atoms with Crippen LogP contribution in [0.2, 0.25) is 10.0 Å². The summed E-state index contributed by atoms with van der Waals surface area (Å²) in [6, 6.07) is 11.4. The molecule has 0 saturated heterocycles. The predicted molar refractivity (Wildman–Crippen MR) is 83.9 cm³/mol. The highest BCUT2D eigenvalue weighted by atomic mass is 35.5. The largest absolute Gasteiger partial charge is 0.484 e. The van der Waals surface area contributed by atoms with E-state index < -0.39 is 0 Å². The Balaban J connectivity index is 2.10.